The van der Waals surface area contributed by atoms with Crippen LogP contribution in [-0.2, 0) is 14.3 Å². The highest BCUT2D eigenvalue weighted by Crippen LogP contribution is 2.09. The number of nitrogens with two attached hydrogens (primary N) is 1. The van der Waals surface area contributed by atoms with E-state index in [-0.39, 0.29) is 18.5 Å². The van der Waals surface area contributed by atoms with Gasteiger partial charge in [-0.05, 0) is 6.92 Å². The fourth-order valence-corrected chi connectivity index (χ4v) is 1.05. The van der Waals surface area contributed by atoms with Gasteiger partial charge in [-0.15, -0.1) is 12.4 Å². The zero-order chi connectivity index (χ0) is 9.84. The molecule has 0 aromatic rings. The summed E-state index contributed by atoms with van der Waals surface area (Å²) in [7, 11) is 0. The average molecular weight is 226 g/mol. The quantitative estimate of drug-likeness (QED) is 0.630. The van der Waals surface area contributed by atoms with E-state index in [0.29, 0.717) is 19.6 Å². The van der Waals surface area contributed by atoms with Gasteiger partial charge in [-0.2, -0.15) is 0 Å². The second-order valence-corrected chi connectivity index (χ2v) is 3.19. The summed E-state index contributed by atoms with van der Waals surface area (Å²) >= 11 is 0. The molecule has 0 bridgehead atoms. The highest BCUT2D eigenvalue weighted by molar-refractivity contribution is 5.85. The molecule has 1 fully saturated rings. The first-order valence-electron chi connectivity index (χ1n) is 4.33. The van der Waals surface area contributed by atoms with Gasteiger partial charge in [0.05, 0.1) is 19.3 Å². The van der Waals surface area contributed by atoms with Gasteiger partial charge in [-0.25, -0.2) is 0 Å². The lowest BCUT2D eigenvalue weighted by Gasteiger charge is -2.16. The average Bonchev–Trinajstić information content (AvgIpc) is 2.55. The Kier molecular flexibility index (Phi) is 6.03. The van der Waals surface area contributed by atoms with Crippen molar-refractivity contribution < 1.29 is 19.4 Å². The van der Waals surface area contributed by atoms with Crippen molar-refractivity contribution in [1.82, 2.24) is 0 Å². The molecule has 5 nitrogen and oxygen atoms in total. The van der Waals surface area contributed by atoms with Gasteiger partial charge in [0.25, 0.3) is 0 Å². The molecule has 1 rings (SSSR count). The molecule has 6 heteroatoms. The molecule has 0 spiro atoms. The lowest BCUT2D eigenvalue weighted by molar-refractivity contribution is -0.153. The molecule has 0 aromatic carbocycles. The molecule has 1 saturated heterocycles. The van der Waals surface area contributed by atoms with E-state index in [0.717, 1.165) is 0 Å². The number of aliphatic hydroxyl groups is 1. The standard InChI is InChI=1S/C8H15NO4.ClH/c1-5(10)7(9)8(11)13-6-2-3-12-4-6;/h5-7,10H,2-4,9H2,1H3;1H/t5?,6-,7?;/m0./s1. The second kappa shape index (κ2) is 6.19. The summed E-state index contributed by atoms with van der Waals surface area (Å²) in [6.45, 7) is 2.50. The van der Waals surface area contributed by atoms with E-state index in [1.165, 1.54) is 6.92 Å². The molecule has 0 radical (unpaired) electrons. The van der Waals surface area contributed by atoms with Crippen LogP contribution in [0, 0.1) is 0 Å². The van der Waals surface area contributed by atoms with Crippen molar-refractivity contribution in [3.05, 3.63) is 0 Å². The summed E-state index contributed by atoms with van der Waals surface area (Å²) in [5.41, 5.74) is 5.37. The predicted octanol–water partition coefficient (Wildman–Crippen LogP) is -0.552. The maximum absolute atomic E-state index is 11.2. The second-order valence-electron chi connectivity index (χ2n) is 3.19. The number of aliphatic hydroxyl groups excluding tert-OH is 1. The summed E-state index contributed by atoms with van der Waals surface area (Å²) in [6.07, 6.45) is -0.370. The summed E-state index contributed by atoms with van der Waals surface area (Å²) in [4.78, 5) is 11.2. The number of ether oxygens (including phenoxy) is 2. The molecular weight excluding hydrogens is 210 g/mol. The lowest BCUT2D eigenvalue weighted by atomic mass is 10.2. The number of esters is 1. The maximum Gasteiger partial charge on any atom is 0.325 e. The van der Waals surface area contributed by atoms with Crippen LogP contribution in [0.1, 0.15) is 13.3 Å². The van der Waals surface area contributed by atoms with Crippen LogP contribution in [-0.4, -0.2) is 42.5 Å². The van der Waals surface area contributed by atoms with Crippen LogP contribution in [0.3, 0.4) is 0 Å². The Balaban J connectivity index is 0.00000169. The van der Waals surface area contributed by atoms with Gasteiger partial charge in [0, 0.05) is 6.42 Å². The molecule has 3 N–H and O–H groups in total. The summed E-state index contributed by atoms with van der Waals surface area (Å²) in [5.74, 6) is -0.564. The van der Waals surface area contributed by atoms with Crippen molar-refractivity contribution >= 4 is 18.4 Å². The monoisotopic (exact) mass is 225 g/mol. The van der Waals surface area contributed by atoms with E-state index < -0.39 is 18.1 Å². The van der Waals surface area contributed by atoms with Gasteiger partial charge in [-0.1, -0.05) is 0 Å². The Morgan fingerprint density at radius 3 is 2.79 bits per heavy atom. The highest BCUT2D eigenvalue weighted by Gasteiger charge is 2.25. The molecular formula is C8H16ClNO4. The third-order valence-electron chi connectivity index (χ3n) is 1.96. The Bertz CT molecular complexity index is 182. The first kappa shape index (κ1) is 13.6. The summed E-state index contributed by atoms with van der Waals surface area (Å²) in [6, 6.07) is -0.958. The minimum absolute atomic E-state index is 0. The molecule has 14 heavy (non-hydrogen) atoms. The molecule has 1 heterocycles. The van der Waals surface area contributed by atoms with E-state index in [2.05, 4.69) is 0 Å². The fourth-order valence-electron chi connectivity index (χ4n) is 1.05. The van der Waals surface area contributed by atoms with E-state index in [1.807, 2.05) is 0 Å². The van der Waals surface area contributed by atoms with E-state index in [1.54, 1.807) is 0 Å². The molecule has 0 amide bonds. The number of rotatable bonds is 3. The molecule has 84 valence electrons. The number of hydrogen-bond acceptors (Lipinski definition) is 5. The van der Waals surface area contributed by atoms with Crippen LogP contribution in [0.2, 0.25) is 0 Å². The minimum Gasteiger partial charge on any atom is -0.459 e. The van der Waals surface area contributed by atoms with Gasteiger partial charge in [0.15, 0.2) is 0 Å². The highest BCUT2D eigenvalue weighted by atomic mass is 35.5. The van der Waals surface area contributed by atoms with Crippen molar-refractivity contribution in [2.45, 2.75) is 31.6 Å². The summed E-state index contributed by atoms with van der Waals surface area (Å²) < 4.78 is 10.0. The topological polar surface area (TPSA) is 81.8 Å². The maximum atomic E-state index is 11.2. The van der Waals surface area contributed by atoms with Gasteiger partial charge in [0.2, 0.25) is 0 Å². The first-order chi connectivity index (χ1) is 6.11. The number of halogens is 1. The van der Waals surface area contributed by atoms with Crippen molar-refractivity contribution in [3.63, 3.8) is 0 Å². The predicted molar refractivity (Wildman–Crippen MR) is 52.2 cm³/mol. The number of hydrogen-bond donors (Lipinski definition) is 2. The minimum atomic E-state index is -0.958. The zero-order valence-corrected chi connectivity index (χ0v) is 8.83. The van der Waals surface area contributed by atoms with Crippen LogP contribution in [0.4, 0.5) is 0 Å². The largest absolute Gasteiger partial charge is 0.459 e. The van der Waals surface area contributed by atoms with Crippen molar-refractivity contribution in [2.24, 2.45) is 5.73 Å². The first-order valence-corrected chi connectivity index (χ1v) is 4.33. The summed E-state index contributed by atoms with van der Waals surface area (Å²) in [5, 5.41) is 9.01. The van der Waals surface area contributed by atoms with Crippen LogP contribution >= 0.6 is 12.4 Å². The van der Waals surface area contributed by atoms with E-state index in [4.69, 9.17) is 20.3 Å². The van der Waals surface area contributed by atoms with Gasteiger partial charge >= 0.3 is 5.97 Å². The Hall–Kier alpha value is -0.360. The Morgan fingerprint density at radius 2 is 2.36 bits per heavy atom. The third kappa shape index (κ3) is 3.79. The van der Waals surface area contributed by atoms with Crippen LogP contribution < -0.4 is 5.73 Å². The molecule has 1 aliphatic rings. The molecule has 0 aromatic heterocycles. The van der Waals surface area contributed by atoms with Crippen molar-refractivity contribution in [1.29, 1.82) is 0 Å². The smallest absolute Gasteiger partial charge is 0.325 e. The molecule has 2 unspecified atom stereocenters. The molecule has 1 aliphatic heterocycles. The van der Waals surface area contributed by atoms with Gasteiger partial charge in [0.1, 0.15) is 12.1 Å². The molecule has 0 saturated carbocycles. The van der Waals surface area contributed by atoms with E-state index >= 15 is 0 Å². The van der Waals surface area contributed by atoms with Crippen molar-refractivity contribution in [3.8, 4) is 0 Å². The fraction of sp³-hybridized carbons (Fsp3) is 0.875. The lowest BCUT2D eigenvalue weighted by Crippen LogP contribution is -2.42. The Labute approximate surface area is 89.0 Å². The van der Waals surface area contributed by atoms with Crippen LogP contribution in [0.25, 0.3) is 0 Å². The number of carbonyl (C=O) groups excluding carboxylic acids is 1. The molecule has 3 atom stereocenters. The van der Waals surface area contributed by atoms with Crippen LogP contribution in [0.15, 0.2) is 0 Å². The van der Waals surface area contributed by atoms with E-state index in [9.17, 15) is 4.79 Å². The molecule has 0 aliphatic carbocycles. The van der Waals surface area contributed by atoms with Crippen LogP contribution in [0.5, 0.6) is 0 Å². The van der Waals surface area contributed by atoms with Gasteiger partial charge < -0.3 is 20.3 Å². The number of carbonyl (C=O) groups is 1. The van der Waals surface area contributed by atoms with Gasteiger partial charge in [-0.3, -0.25) is 4.79 Å². The normalized spacial score (nSPS) is 24.9. The zero-order valence-electron chi connectivity index (χ0n) is 8.01. The SMILES string of the molecule is CC(O)C(N)C(=O)O[C@H]1CCOC1.Cl. The van der Waals surface area contributed by atoms with Crippen molar-refractivity contribution in [2.75, 3.05) is 13.2 Å². The third-order valence-corrected chi connectivity index (χ3v) is 1.96. The Morgan fingerprint density at radius 1 is 1.71 bits per heavy atom.